The number of nitrogens with one attached hydrogen (secondary N) is 1. The van der Waals surface area contributed by atoms with Gasteiger partial charge in [0.05, 0.1) is 0 Å². The van der Waals surface area contributed by atoms with Crippen LogP contribution in [0.15, 0.2) is 51.7 Å². The Balaban J connectivity index is 1.72. The number of hydrogen-bond donors (Lipinski definition) is 1. The van der Waals surface area contributed by atoms with Gasteiger partial charge >= 0.3 is 5.63 Å². The summed E-state index contributed by atoms with van der Waals surface area (Å²) in [4.78, 5) is 11.8. The Morgan fingerprint density at radius 1 is 1.08 bits per heavy atom. The van der Waals surface area contributed by atoms with Crippen molar-refractivity contribution < 1.29 is 8.81 Å². The first-order valence-electron chi connectivity index (χ1n) is 8.02. The molecule has 0 saturated carbocycles. The molecule has 0 unspecified atom stereocenters. The highest BCUT2D eigenvalue weighted by molar-refractivity contribution is 5.83. The summed E-state index contributed by atoms with van der Waals surface area (Å²) >= 11 is 0. The molecule has 0 fully saturated rings. The zero-order valence-corrected chi connectivity index (χ0v) is 13.9. The molecule has 1 heterocycles. The molecule has 3 nitrogen and oxygen atoms in total. The molecule has 2 aromatic carbocycles. The van der Waals surface area contributed by atoms with Crippen molar-refractivity contribution in [3.05, 3.63) is 81.0 Å². The topological polar surface area (TPSA) is 42.2 Å². The molecule has 3 rings (SSSR count). The Morgan fingerprint density at radius 2 is 1.83 bits per heavy atom. The molecule has 3 aromatic rings. The Hall–Kier alpha value is -2.46. The minimum Gasteiger partial charge on any atom is -0.422 e. The largest absolute Gasteiger partial charge is 0.422 e. The van der Waals surface area contributed by atoms with Gasteiger partial charge in [-0.05, 0) is 61.2 Å². The summed E-state index contributed by atoms with van der Waals surface area (Å²) in [5.41, 5.74) is 4.45. The summed E-state index contributed by atoms with van der Waals surface area (Å²) in [7, 11) is 0. The van der Waals surface area contributed by atoms with Crippen LogP contribution in [-0.4, -0.2) is 6.54 Å². The molecule has 0 bridgehead atoms. The number of rotatable bonds is 5. The van der Waals surface area contributed by atoms with Gasteiger partial charge in [0.15, 0.2) is 0 Å². The summed E-state index contributed by atoms with van der Waals surface area (Å²) < 4.78 is 18.3. The Kier molecular flexibility index (Phi) is 4.76. The Labute approximate surface area is 140 Å². The summed E-state index contributed by atoms with van der Waals surface area (Å²) in [5.74, 6) is -0.222. The minimum atomic E-state index is -0.327. The lowest BCUT2D eigenvalue weighted by Gasteiger charge is -2.10. The third-order valence-electron chi connectivity index (χ3n) is 4.34. The normalized spacial score (nSPS) is 11.1. The molecular formula is C20H20FNO2. The molecule has 0 aliphatic carbocycles. The summed E-state index contributed by atoms with van der Waals surface area (Å²) in [6, 6.07) is 12.1. The van der Waals surface area contributed by atoms with Crippen molar-refractivity contribution in [1.82, 2.24) is 5.32 Å². The van der Waals surface area contributed by atoms with E-state index in [-0.39, 0.29) is 11.4 Å². The monoisotopic (exact) mass is 325 g/mol. The van der Waals surface area contributed by atoms with Crippen LogP contribution >= 0.6 is 0 Å². The zero-order chi connectivity index (χ0) is 17.1. The van der Waals surface area contributed by atoms with Crippen molar-refractivity contribution in [3.63, 3.8) is 0 Å². The SMILES string of the molecule is Cc1ccc2c(CNCCc3ccc(F)cc3)cc(=O)oc2c1C. The van der Waals surface area contributed by atoms with Crippen LogP contribution in [0.5, 0.6) is 0 Å². The highest BCUT2D eigenvalue weighted by Crippen LogP contribution is 2.23. The summed E-state index contributed by atoms with van der Waals surface area (Å²) in [5, 5.41) is 4.31. The van der Waals surface area contributed by atoms with E-state index in [4.69, 9.17) is 4.42 Å². The number of fused-ring (bicyclic) bond motifs is 1. The smallest absolute Gasteiger partial charge is 0.336 e. The van der Waals surface area contributed by atoms with Crippen molar-refractivity contribution in [3.8, 4) is 0 Å². The molecular weight excluding hydrogens is 305 g/mol. The van der Waals surface area contributed by atoms with E-state index >= 15 is 0 Å². The molecule has 4 heteroatoms. The molecule has 24 heavy (non-hydrogen) atoms. The zero-order valence-electron chi connectivity index (χ0n) is 13.9. The second-order valence-corrected chi connectivity index (χ2v) is 6.03. The van der Waals surface area contributed by atoms with Gasteiger partial charge in [-0.15, -0.1) is 0 Å². The standard InChI is InChI=1S/C20H20FNO2/c1-13-3-8-18-16(11-19(23)24-20(18)14(13)2)12-22-10-9-15-4-6-17(21)7-5-15/h3-8,11,22H,9-10,12H2,1-2H3. The van der Waals surface area contributed by atoms with Gasteiger partial charge in [-0.1, -0.05) is 24.3 Å². The van der Waals surface area contributed by atoms with Crippen molar-refractivity contribution >= 4 is 11.0 Å². The number of aryl methyl sites for hydroxylation is 2. The fraction of sp³-hybridized carbons (Fsp3) is 0.250. The van der Waals surface area contributed by atoms with Crippen LogP contribution in [0.25, 0.3) is 11.0 Å². The van der Waals surface area contributed by atoms with Crippen molar-refractivity contribution in [2.45, 2.75) is 26.8 Å². The van der Waals surface area contributed by atoms with E-state index in [1.807, 2.05) is 26.0 Å². The van der Waals surface area contributed by atoms with Gasteiger partial charge in [0.1, 0.15) is 11.4 Å². The van der Waals surface area contributed by atoms with Crippen LogP contribution in [-0.2, 0) is 13.0 Å². The average Bonchev–Trinajstić information content (AvgIpc) is 2.57. The lowest BCUT2D eigenvalue weighted by atomic mass is 10.0. The predicted octanol–water partition coefficient (Wildman–Crippen LogP) is 3.88. The van der Waals surface area contributed by atoms with Gasteiger partial charge in [-0.25, -0.2) is 9.18 Å². The fourth-order valence-electron chi connectivity index (χ4n) is 2.78. The van der Waals surface area contributed by atoms with Crippen LogP contribution in [0.3, 0.4) is 0 Å². The maximum Gasteiger partial charge on any atom is 0.336 e. The first-order chi connectivity index (χ1) is 11.5. The molecule has 0 amide bonds. The van der Waals surface area contributed by atoms with E-state index in [0.29, 0.717) is 12.1 Å². The third kappa shape index (κ3) is 3.54. The molecule has 1 aromatic heterocycles. The fourth-order valence-corrected chi connectivity index (χ4v) is 2.78. The van der Waals surface area contributed by atoms with Gasteiger partial charge in [-0.2, -0.15) is 0 Å². The predicted molar refractivity (Wildman–Crippen MR) is 93.8 cm³/mol. The quantitative estimate of drug-likeness (QED) is 0.572. The number of benzene rings is 2. The lowest BCUT2D eigenvalue weighted by molar-refractivity contribution is 0.554. The van der Waals surface area contributed by atoms with Crippen LogP contribution in [0, 0.1) is 19.7 Å². The van der Waals surface area contributed by atoms with E-state index in [1.54, 1.807) is 18.2 Å². The first kappa shape index (κ1) is 16.4. The second kappa shape index (κ2) is 6.97. The van der Waals surface area contributed by atoms with Crippen molar-refractivity contribution in [2.75, 3.05) is 6.54 Å². The Morgan fingerprint density at radius 3 is 2.58 bits per heavy atom. The third-order valence-corrected chi connectivity index (χ3v) is 4.34. The molecule has 1 N–H and O–H groups in total. The lowest BCUT2D eigenvalue weighted by Crippen LogP contribution is -2.18. The Bertz CT molecular complexity index is 913. The van der Waals surface area contributed by atoms with Crippen LogP contribution in [0.2, 0.25) is 0 Å². The van der Waals surface area contributed by atoms with E-state index < -0.39 is 0 Å². The van der Waals surface area contributed by atoms with Gasteiger partial charge in [0.25, 0.3) is 0 Å². The molecule has 0 aliphatic heterocycles. The van der Waals surface area contributed by atoms with Gasteiger partial charge in [-0.3, -0.25) is 0 Å². The number of halogens is 1. The average molecular weight is 325 g/mol. The van der Waals surface area contributed by atoms with Gasteiger partial charge in [0.2, 0.25) is 0 Å². The van der Waals surface area contributed by atoms with Crippen LogP contribution in [0.4, 0.5) is 4.39 Å². The molecule has 124 valence electrons. The molecule has 0 spiro atoms. The first-order valence-corrected chi connectivity index (χ1v) is 8.02. The van der Waals surface area contributed by atoms with E-state index in [9.17, 15) is 9.18 Å². The maximum atomic E-state index is 12.9. The molecule has 0 aliphatic rings. The van der Waals surface area contributed by atoms with Crippen molar-refractivity contribution in [1.29, 1.82) is 0 Å². The minimum absolute atomic E-state index is 0.222. The number of hydrogen-bond acceptors (Lipinski definition) is 3. The highest BCUT2D eigenvalue weighted by atomic mass is 19.1. The van der Waals surface area contributed by atoms with Crippen molar-refractivity contribution in [2.24, 2.45) is 0 Å². The van der Waals surface area contributed by atoms with Gasteiger partial charge < -0.3 is 9.73 Å². The van der Waals surface area contributed by atoms with Gasteiger partial charge in [0, 0.05) is 18.0 Å². The second-order valence-electron chi connectivity index (χ2n) is 6.03. The summed E-state index contributed by atoms with van der Waals surface area (Å²) in [6.45, 7) is 5.30. The molecule has 0 saturated heterocycles. The molecule has 0 radical (unpaired) electrons. The van der Waals surface area contributed by atoms with Crippen LogP contribution < -0.4 is 10.9 Å². The van der Waals surface area contributed by atoms with E-state index in [1.165, 1.54) is 12.1 Å². The highest BCUT2D eigenvalue weighted by Gasteiger charge is 2.09. The van der Waals surface area contributed by atoms with E-state index in [0.717, 1.165) is 40.6 Å². The summed E-state index contributed by atoms with van der Waals surface area (Å²) in [6.07, 6.45) is 0.803. The maximum absolute atomic E-state index is 12.9. The molecule has 0 atom stereocenters. The van der Waals surface area contributed by atoms with Crippen LogP contribution in [0.1, 0.15) is 22.3 Å². The van der Waals surface area contributed by atoms with E-state index in [2.05, 4.69) is 5.32 Å².